The maximum atomic E-state index is 11.7. The normalized spacial score (nSPS) is 14.7. The second kappa shape index (κ2) is 8.92. The molecule has 0 aliphatic heterocycles. The molecule has 0 radical (unpaired) electrons. The maximum Gasteiger partial charge on any atom is 0.356 e. The quantitative estimate of drug-likeness (QED) is 0.417. The Morgan fingerprint density at radius 2 is 2.03 bits per heavy atom. The zero-order valence-electron chi connectivity index (χ0n) is 16.0. The van der Waals surface area contributed by atoms with Crippen LogP contribution in [0.15, 0.2) is 24.3 Å². The lowest BCUT2D eigenvalue weighted by Gasteiger charge is -2.21. The number of halogens is 1. The van der Waals surface area contributed by atoms with E-state index in [0.717, 1.165) is 27.8 Å². The first-order valence-electron chi connectivity index (χ1n) is 9.56. The standard InChI is InChI=1S/C20H21ClN4O3S/c1-27-18(26)15-10-17(25-19(21)23-15)28-13-7-8-14-16(9-13)29-20(24-14)22-11-12-5-3-2-4-6-12/h7-10,12H,2-6,11H2,1H3,(H,22,24). The van der Waals surface area contributed by atoms with Crippen LogP contribution in [0.4, 0.5) is 5.13 Å². The zero-order valence-corrected chi connectivity index (χ0v) is 17.6. The highest BCUT2D eigenvalue weighted by molar-refractivity contribution is 7.22. The number of nitrogens with zero attached hydrogens (tertiary/aromatic N) is 3. The van der Waals surface area contributed by atoms with Crippen LogP contribution >= 0.6 is 22.9 Å². The first-order valence-corrected chi connectivity index (χ1v) is 10.8. The third kappa shape index (κ3) is 4.94. The molecule has 2 heterocycles. The minimum atomic E-state index is -0.606. The Labute approximate surface area is 177 Å². The van der Waals surface area contributed by atoms with Crippen LogP contribution in [0.25, 0.3) is 10.2 Å². The molecule has 152 valence electrons. The number of ether oxygens (including phenoxy) is 2. The van der Waals surface area contributed by atoms with Crippen molar-refractivity contribution in [2.24, 2.45) is 5.92 Å². The molecule has 0 amide bonds. The first-order chi connectivity index (χ1) is 14.1. The third-order valence-electron chi connectivity index (χ3n) is 4.92. The number of rotatable bonds is 6. The number of thiazole rings is 1. The van der Waals surface area contributed by atoms with Gasteiger partial charge in [-0.2, -0.15) is 4.98 Å². The van der Waals surface area contributed by atoms with E-state index in [9.17, 15) is 4.79 Å². The van der Waals surface area contributed by atoms with Gasteiger partial charge in [0.05, 0.1) is 17.3 Å². The smallest absolute Gasteiger partial charge is 0.356 e. The molecule has 0 spiro atoms. The van der Waals surface area contributed by atoms with E-state index in [1.807, 2.05) is 12.1 Å². The van der Waals surface area contributed by atoms with Crippen molar-refractivity contribution >= 4 is 44.3 Å². The van der Waals surface area contributed by atoms with Gasteiger partial charge < -0.3 is 14.8 Å². The number of carbonyl (C=O) groups is 1. The van der Waals surface area contributed by atoms with Crippen molar-refractivity contribution in [3.05, 3.63) is 35.2 Å². The van der Waals surface area contributed by atoms with Crippen LogP contribution in [0.3, 0.4) is 0 Å². The number of fused-ring (bicyclic) bond motifs is 1. The summed E-state index contributed by atoms with van der Waals surface area (Å²) in [6.45, 7) is 0.971. The molecule has 29 heavy (non-hydrogen) atoms. The van der Waals surface area contributed by atoms with Gasteiger partial charge in [0.2, 0.25) is 11.2 Å². The van der Waals surface area contributed by atoms with E-state index in [4.69, 9.17) is 16.3 Å². The van der Waals surface area contributed by atoms with Gasteiger partial charge in [0, 0.05) is 18.7 Å². The monoisotopic (exact) mass is 432 g/mol. The molecule has 0 unspecified atom stereocenters. The molecule has 1 fully saturated rings. The van der Waals surface area contributed by atoms with E-state index in [1.54, 1.807) is 17.4 Å². The number of nitrogens with one attached hydrogen (secondary N) is 1. The van der Waals surface area contributed by atoms with E-state index in [0.29, 0.717) is 5.75 Å². The van der Waals surface area contributed by atoms with Gasteiger partial charge in [-0.15, -0.1) is 0 Å². The number of hydrogen-bond acceptors (Lipinski definition) is 8. The molecule has 1 aliphatic rings. The molecule has 3 aromatic rings. The van der Waals surface area contributed by atoms with Gasteiger partial charge in [-0.25, -0.2) is 14.8 Å². The first kappa shape index (κ1) is 19.8. The lowest BCUT2D eigenvalue weighted by Crippen LogP contribution is -2.16. The molecule has 1 N–H and O–H groups in total. The van der Waals surface area contributed by atoms with Crippen molar-refractivity contribution < 1.29 is 14.3 Å². The van der Waals surface area contributed by atoms with Crippen LogP contribution in [0.2, 0.25) is 5.28 Å². The van der Waals surface area contributed by atoms with Crippen molar-refractivity contribution in [2.75, 3.05) is 19.0 Å². The lowest BCUT2D eigenvalue weighted by atomic mass is 9.89. The van der Waals surface area contributed by atoms with Gasteiger partial charge >= 0.3 is 5.97 Å². The Bertz CT molecular complexity index is 1020. The van der Waals surface area contributed by atoms with Gasteiger partial charge in [-0.05, 0) is 42.5 Å². The molecule has 1 aliphatic carbocycles. The average Bonchev–Trinajstić information content (AvgIpc) is 3.14. The van der Waals surface area contributed by atoms with Gasteiger partial charge in [-0.3, -0.25) is 0 Å². The highest BCUT2D eigenvalue weighted by Gasteiger charge is 2.15. The van der Waals surface area contributed by atoms with Crippen LogP contribution in [-0.4, -0.2) is 34.6 Å². The number of benzene rings is 1. The number of anilines is 1. The fourth-order valence-electron chi connectivity index (χ4n) is 3.45. The van der Waals surface area contributed by atoms with E-state index >= 15 is 0 Å². The Hall–Kier alpha value is -2.45. The highest BCUT2D eigenvalue weighted by atomic mass is 35.5. The minimum absolute atomic E-state index is 0.0376. The highest BCUT2D eigenvalue weighted by Crippen LogP contribution is 2.32. The van der Waals surface area contributed by atoms with Crippen molar-refractivity contribution in [3.8, 4) is 11.6 Å². The molecule has 2 aromatic heterocycles. The summed E-state index contributed by atoms with van der Waals surface area (Å²) in [7, 11) is 1.27. The topological polar surface area (TPSA) is 86.2 Å². The average molecular weight is 433 g/mol. The number of carbonyl (C=O) groups excluding carboxylic acids is 1. The zero-order chi connectivity index (χ0) is 20.2. The number of esters is 1. The summed E-state index contributed by atoms with van der Waals surface area (Å²) in [6.07, 6.45) is 6.62. The summed E-state index contributed by atoms with van der Waals surface area (Å²) < 4.78 is 11.5. The number of aromatic nitrogens is 3. The molecule has 4 rings (SSSR count). The number of methoxy groups -OCH3 is 1. The molecule has 0 saturated heterocycles. The molecule has 1 aromatic carbocycles. The van der Waals surface area contributed by atoms with Gasteiger partial charge in [0.25, 0.3) is 0 Å². The summed E-state index contributed by atoms with van der Waals surface area (Å²) in [4.78, 5) is 24.2. The largest absolute Gasteiger partial charge is 0.464 e. The minimum Gasteiger partial charge on any atom is -0.464 e. The predicted molar refractivity (Wildman–Crippen MR) is 113 cm³/mol. The Morgan fingerprint density at radius 3 is 2.83 bits per heavy atom. The van der Waals surface area contributed by atoms with Crippen molar-refractivity contribution in [1.29, 1.82) is 0 Å². The maximum absolute atomic E-state index is 11.7. The van der Waals surface area contributed by atoms with Crippen LogP contribution in [-0.2, 0) is 4.74 Å². The number of hydrogen-bond donors (Lipinski definition) is 1. The van der Waals surface area contributed by atoms with Gasteiger partial charge in [0.1, 0.15) is 5.75 Å². The molecule has 9 heteroatoms. The molecular weight excluding hydrogens is 412 g/mol. The van der Waals surface area contributed by atoms with E-state index < -0.39 is 5.97 Å². The van der Waals surface area contributed by atoms with E-state index in [1.165, 1.54) is 45.3 Å². The summed E-state index contributed by atoms with van der Waals surface area (Å²) >= 11 is 7.48. The van der Waals surface area contributed by atoms with Crippen LogP contribution in [0, 0.1) is 5.92 Å². The molecule has 0 atom stereocenters. The van der Waals surface area contributed by atoms with Gasteiger partial charge in [0.15, 0.2) is 10.8 Å². The Morgan fingerprint density at radius 1 is 1.21 bits per heavy atom. The SMILES string of the molecule is COC(=O)c1cc(Oc2ccc3nc(NCC4CCCCC4)sc3c2)nc(Cl)n1. The van der Waals surface area contributed by atoms with Crippen LogP contribution in [0.1, 0.15) is 42.6 Å². The Kier molecular flexibility index (Phi) is 6.10. The summed E-state index contributed by atoms with van der Waals surface area (Å²) in [5.74, 6) is 0.877. The molecule has 1 saturated carbocycles. The van der Waals surface area contributed by atoms with Crippen molar-refractivity contribution in [3.63, 3.8) is 0 Å². The summed E-state index contributed by atoms with van der Waals surface area (Å²) in [5, 5.41) is 4.31. The molecule has 7 nitrogen and oxygen atoms in total. The van der Waals surface area contributed by atoms with Crippen molar-refractivity contribution in [2.45, 2.75) is 32.1 Å². The van der Waals surface area contributed by atoms with Crippen molar-refractivity contribution in [1.82, 2.24) is 15.0 Å². The van der Waals surface area contributed by atoms with Crippen LogP contribution < -0.4 is 10.1 Å². The fraction of sp³-hybridized carbons (Fsp3) is 0.400. The molecule has 0 bridgehead atoms. The summed E-state index contributed by atoms with van der Waals surface area (Å²) in [6, 6.07) is 7.00. The molecular formula is C20H21ClN4O3S. The second-order valence-corrected chi connectivity index (χ2v) is 8.36. The van der Waals surface area contributed by atoms with Crippen LogP contribution in [0.5, 0.6) is 11.6 Å². The Balaban J connectivity index is 1.47. The van der Waals surface area contributed by atoms with E-state index in [-0.39, 0.29) is 16.9 Å². The third-order valence-corrected chi connectivity index (χ3v) is 6.06. The summed E-state index contributed by atoms with van der Waals surface area (Å²) in [5.41, 5.74) is 0.944. The van der Waals surface area contributed by atoms with E-state index in [2.05, 4.69) is 25.0 Å². The predicted octanol–water partition coefficient (Wildman–Crippen LogP) is 5.31. The fourth-order valence-corrected chi connectivity index (χ4v) is 4.52. The second-order valence-electron chi connectivity index (χ2n) is 6.99. The lowest BCUT2D eigenvalue weighted by molar-refractivity contribution is 0.0593. The van der Waals surface area contributed by atoms with Gasteiger partial charge in [-0.1, -0.05) is 30.6 Å².